The summed E-state index contributed by atoms with van der Waals surface area (Å²) < 4.78 is 5.71. The molecule has 0 saturated carbocycles. The number of aliphatic hydroxyl groups excluding tert-OH is 1. The minimum absolute atomic E-state index is 0.119. The van der Waals surface area contributed by atoms with Crippen LogP contribution in [0.2, 0.25) is 0 Å². The Morgan fingerprint density at radius 1 is 1.06 bits per heavy atom. The topological polar surface area (TPSA) is 70.1 Å². The molecule has 1 saturated heterocycles. The van der Waals surface area contributed by atoms with Gasteiger partial charge in [0.15, 0.2) is 0 Å². The van der Waals surface area contributed by atoms with Gasteiger partial charge in [0.05, 0.1) is 18.2 Å². The number of aliphatic hydroxyl groups is 1. The minimum Gasteiger partial charge on any atom is -0.507 e. The van der Waals surface area contributed by atoms with E-state index in [0.29, 0.717) is 36.9 Å². The smallest absolute Gasteiger partial charge is 0.295 e. The summed E-state index contributed by atoms with van der Waals surface area (Å²) in [4.78, 5) is 29.4. The first-order valence-electron chi connectivity index (χ1n) is 10.9. The average Bonchev–Trinajstić information content (AvgIpc) is 3.01. The van der Waals surface area contributed by atoms with E-state index in [0.717, 1.165) is 11.1 Å². The lowest BCUT2D eigenvalue weighted by Gasteiger charge is -2.26. The van der Waals surface area contributed by atoms with E-state index in [1.54, 1.807) is 29.2 Å². The van der Waals surface area contributed by atoms with Crippen molar-refractivity contribution in [1.29, 1.82) is 0 Å². The number of amides is 1. The maximum atomic E-state index is 13.0. The van der Waals surface area contributed by atoms with Gasteiger partial charge < -0.3 is 19.6 Å². The molecule has 2 aromatic carbocycles. The Morgan fingerprint density at radius 3 is 2.25 bits per heavy atom. The number of Topliss-reactive ketones (excluding diaryl/α,β-unsaturated/α-hetero) is 1. The lowest BCUT2D eigenvalue weighted by Crippen LogP contribution is -2.35. The molecular formula is C26H32N2O4. The van der Waals surface area contributed by atoms with Gasteiger partial charge in [-0.3, -0.25) is 9.59 Å². The highest BCUT2D eigenvalue weighted by atomic mass is 16.5. The number of rotatable bonds is 8. The maximum absolute atomic E-state index is 13.0. The van der Waals surface area contributed by atoms with Gasteiger partial charge >= 0.3 is 0 Å². The second-order valence-corrected chi connectivity index (χ2v) is 8.94. The summed E-state index contributed by atoms with van der Waals surface area (Å²) in [6, 6.07) is 14.0. The third-order valence-corrected chi connectivity index (χ3v) is 5.43. The highest BCUT2D eigenvalue weighted by Gasteiger charge is 2.45. The predicted octanol–water partition coefficient (Wildman–Crippen LogP) is 4.01. The maximum Gasteiger partial charge on any atom is 0.295 e. The van der Waals surface area contributed by atoms with Gasteiger partial charge in [-0.2, -0.15) is 0 Å². The standard InChI is InChI=1S/C26H32N2O4/c1-17(2)16-32-21-12-10-20(11-13-21)24(29)22-23(19-8-6-18(3)7-9-19)28(15-14-27(4)5)26(31)25(22)30/h6-13,17,23,29H,14-16H2,1-5H3/t23-/m1/s1. The molecule has 1 heterocycles. The Bertz CT molecular complexity index is 991. The van der Waals surface area contributed by atoms with Crippen LogP contribution in [-0.2, 0) is 9.59 Å². The van der Waals surface area contributed by atoms with Crippen LogP contribution in [0.1, 0.15) is 36.6 Å². The van der Waals surface area contributed by atoms with Crippen molar-refractivity contribution < 1.29 is 19.4 Å². The molecule has 1 aliphatic rings. The molecule has 0 unspecified atom stereocenters. The van der Waals surface area contributed by atoms with Crippen molar-refractivity contribution in [3.8, 4) is 5.75 Å². The van der Waals surface area contributed by atoms with Gasteiger partial charge in [-0.1, -0.05) is 43.7 Å². The van der Waals surface area contributed by atoms with Crippen molar-refractivity contribution in [1.82, 2.24) is 9.80 Å². The Balaban J connectivity index is 2.02. The molecule has 1 aliphatic heterocycles. The zero-order valence-electron chi connectivity index (χ0n) is 19.5. The highest BCUT2D eigenvalue weighted by Crippen LogP contribution is 2.39. The number of likely N-dealkylation sites (tertiary alicyclic amines) is 1. The molecule has 1 fully saturated rings. The number of likely N-dealkylation sites (N-methyl/N-ethyl adjacent to an activating group) is 1. The first-order valence-corrected chi connectivity index (χ1v) is 10.9. The summed E-state index contributed by atoms with van der Waals surface area (Å²) in [6.07, 6.45) is 0. The Hall–Kier alpha value is -3.12. The number of nitrogens with zero attached hydrogens (tertiary/aromatic N) is 2. The summed E-state index contributed by atoms with van der Waals surface area (Å²) in [5.74, 6) is -0.327. The molecule has 32 heavy (non-hydrogen) atoms. The van der Waals surface area contributed by atoms with Gasteiger partial charge in [-0.15, -0.1) is 0 Å². The fourth-order valence-electron chi connectivity index (χ4n) is 3.64. The highest BCUT2D eigenvalue weighted by molar-refractivity contribution is 6.46. The monoisotopic (exact) mass is 436 g/mol. The summed E-state index contributed by atoms with van der Waals surface area (Å²) in [7, 11) is 3.83. The zero-order valence-corrected chi connectivity index (χ0v) is 19.5. The molecule has 1 N–H and O–H groups in total. The quantitative estimate of drug-likeness (QED) is 0.385. The van der Waals surface area contributed by atoms with Crippen molar-refractivity contribution in [3.63, 3.8) is 0 Å². The van der Waals surface area contributed by atoms with Crippen molar-refractivity contribution >= 4 is 17.4 Å². The van der Waals surface area contributed by atoms with Crippen LogP contribution in [0.15, 0.2) is 54.1 Å². The largest absolute Gasteiger partial charge is 0.507 e. The van der Waals surface area contributed by atoms with Gasteiger partial charge in [0, 0.05) is 18.7 Å². The van der Waals surface area contributed by atoms with Gasteiger partial charge in [-0.25, -0.2) is 0 Å². The third-order valence-electron chi connectivity index (χ3n) is 5.43. The van der Waals surface area contributed by atoms with Crippen LogP contribution >= 0.6 is 0 Å². The second-order valence-electron chi connectivity index (χ2n) is 8.94. The van der Waals surface area contributed by atoms with Gasteiger partial charge in [-0.05, 0) is 56.8 Å². The molecule has 3 rings (SSSR count). The molecule has 6 heteroatoms. The minimum atomic E-state index is -0.660. The van der Waals surface area contributed by atoms with Gasteiger partial charge in [0.2, 0.25) is 0 Å². The third kappa shape index (κ3) is 5.19. The van der Waals surface area contributed by atoms with E-state index in [2.05, 4.69) is 13.8 Å². The van der Waals surface area contributed by atoms with Crippen molar-refractivity contribution in [3.05, 3.63) is 70.8 Å². The van der Waals surface area contributed by atoms with E-state index in [-0.39, 0.29) is 11.3 Å². The Labute approximate surface area is 190 Å². The van der Waals surface area contributed by atoms with E-state index in [9.17, 15) is 14.7 Å². The van der Waals surface area contributed by atoms with Crippen molar-refractivity contribution in [2.45, 2.75) is 26.8 Å². The van der Waals surface area contributed by atoms with Crippen LogP contribution in [0.3, 0.4) is 0 Å². The fraction of sp³-hybridized carbons (Fsp3) is 0.385. The van der Waals surface area contributed by atoms with Crippen LogP contribution in [0.4, 0.5) is 0 Å². The molecule has 0 aromatic heterocycles. The molecule has 6 nitrogen and oxygen atoms in total. The van der Waals surface area contributed by atoms with Crippen molar-refractivity contribution in [2.24, 2.45) is 5.92 Å². The molecule has 1 atom stereocenters. The predicted molar refractivity (Wildman–Crippen MR) is 126 cm³/mol. The molecule has 0 aliphatic carbocycles. The molecule has 0 spiro atoms. The van der Waals surface area contributed by atoms with E-state index in [4.69, 9.17) is 4.74 Å². The van der Waals surface area contributed by atoms with Crippen LogP contribution < -0.4 is 4.74 Å². The molecule has 0 bridgehead atoms. The number of aryl methyl sites for hydroxylation is 1. The van der Waals surface area contributed by atoms with E-state index < -0.39 is 17.7 Å². The molecule has 1 amide bonds. The summed E-state index contributed by atoms with van der Waals surface area (Å²) >= 11 is 0. The average molecular weight is 437 g/mol. The molecule has 0 radical (unpaired) electrons. The van der Waals surface area contributed by atoms with E-state index in [1.807, 2.05) is 50.2 Å². The first-order chi connectivity index (χ1) is 15.2. The summed E-state index contributed by atoms with van der Waals surface area (Å²) in [6.45, 7) is 7.71. The summed E-state index contributed by atoms with van der Waals surface area (Å²) in [5.41, 5.74) is 2.47. The summed E-state index contributed by atoms with van der Waals surface area (Å²) in [5, 5.41) is 11.1. The Kier molecular flexibility index (Phi) is 7.36. The lowest BCUT2D eigenvalue weighted by molar-refractivity contribution is -0.140. The lowest BCUT2D eigenvalue weighted by atomic mass is 9.94. The van der Waals surface area contributed by atoms with Gasteiger partial charge in [0.25, 0.3) is 11.7 Å². The number of carbonyl (C=O) groups excluding carboxylic acids is 2. The van der Waals surface area contributed by atoms with Crippen LogP contribution in [0.5, 0.6) is 5.75 Å². The molecule has 170 valence electrons. The normalized spacial score (nSPS) is 18.1. The second kappa shape index (κ2) is 10.0. The first kappa shape index (κ1) is 23.5. The molecular weight excluding hydrogens is 404 g/mol. The number of hydrogen-bond donors (Lipinski definition) is 1. The van der Waals surface area contributed by atoms with Crippen LogP contribution in [0.25, 0.3) is 5.76 Å². The van der Waals surface area contributed by atoms with Gasteiger partial charge in [0.1, 0.15) is 11.5 Å². The van der Waals surface area contributed by atoms with Crippen LogP contribution in [-0.4, -0.2) is 60.4 Å². The number of carbonyl (C=O) groups is 2. The van der Waals surface area contributed by atoms with Crippen LogP contribution in [0, 0.1) is 12.8 Å². The number of benzene rings is 2. The number of hydrogen-bond acceptors (Lipinski definition) is 5. The number of ether oxygens (including phenoxy) is 1. The SMILES string of the molecule is Cc1ccc([C@@H]2C(=C(O)c3ccc(OCC(C)C)cc3)C(=O)C(=O)N2CCN(C)C)cc1. The van der Waals surface area contributed by atoms with E-state index in [1.165, 1.54) is 0 Å². The van der Waals surface area contributed by atoms with Crippen molar-refractivity contribution in [2.75, 3.05) is 33.8 Å². The fourth-order valence-corrected chi connectivity index (χ4v) is 3.64. The molecule has 2 aromatic rings. The van der Waals surface area contributed by atoms with E-state index >= 15 is 0 Å². The Morgan fingerprint density at radius 2 is 1.69 bits per heavy atom. The zero-order chi connectivity index (χ0) is 23.4. The number of ketones is 1.